The van der Waals surface area contributed by atoms with Crippen LogP contribution in [0.25, 0.3) is 5.76 Å². The van der Waals surface area contributed by atoms with Crippen LogP contribution in [0.15, 0.2) is 48.0 Å². The lowest BCUT2D eigenvalue weighted by atomic mass is 9.94. The van der Waals surface area contributed by atoms with Gasteiger partial charge >= 0.3 is 0 Å². The van der Waals surface area contributed by atoms with E-state index < -0.39 is 17.7 Å². The van der Waals surface area contributed by atoms with E-state index in [2.05, 4.69) is 6.92 Å². The van der Waals surface area contributed by atoms with Gasteiger partial charge in [0.05, 0.1) is 24.3 Å². The fourth-order valence-corrected chi connectivity index (χ4v) is 4.24. The molecule has 0 bridgehead atoms. The molecule has 1 unspecified atom stereocenters. The largest absolute Gasteiger partial charge is 0.507 e. The average molecular weight is 495 g/mol. The van der Waals surface area contributed by atoms with Gasteiger partial charge in [0.2, 0.25) is 0 Å². The molecule has 1 atom stereocenters. The minimum Gasteiger partial charge on any atom is -0.507 e. The Morgan fingerprint density at radius 3 is 2.33 bits per heavy atom. The topological polar surface area (TPSA) is 79.3 Å². The molecule has 3 rings (SSSR count). The van der Waals surface area contributed by atoms with E-state index in [1.165, 1.54) is 0 Å². The molecular weight excluding hydrogens is 456 g/mol. The van der Waals surface area contributed by atoms with Gasteiger partial charge in [-0.1, -0.05) is 25.5 Å². The first kappa shape index (κ1) is 27.3. The minimum atomic E-state index is -0.694. The fourth-order valence-electron chi connectivity index (χ4n) is 4.24. The summed E-state index contributed by atoms with van der Waals surface area (Å²) in [6.45, 7) is 9.41. The number of likely N-dealkylation sites (tertiary alicyclic amines) is 1. The van der Waals surface area contributed by atoms with Gasteiger partial charge in [0.25, 0.3) is 11.7 Å². The maximum atomic E-state index is 13.3. The van der Waals surface area contributed by atoms with Crippen molar-refractivity contribution in [3.63, 3.8) is 0 Å². The normalized spacial score (nSPS) is 17.3. The SMILES string of the molecule is CCCCOc1ccc(C2C(=C(O)c3ccc(OC(C)C)cc3C)C(=O)C(=O)N2CCN(C)C)cc1. The van der Waals surface area contributed by atoms with Crippen LogP contribution in [0, 0.1) is 6.92 Å². The maximum Gasteiger partial charge on any atom is 0.295 e. The van der Waals surface area contributed by atoms with Gasteiger partial charge < -0.3 is 24.4 Å². The summed E-state index contributed by atoms with van der Waals surface area (Å²) in [5.41, 5.74) is 2.10. The summed E-state index contributed by atoms with van der Waals surface area (Å²) in [6, 6.07) is 12.1. The molecule has 7 heteroatoms. The molecule has 1 saturated heterocycles. The van der Waals surface area contributed by atoms with E-state index in [9.17, 15) is 14.7 Å². The number of hydrogen-bond donors (Lipinski definition) is 1. The molecule has 1 aliphatic rings. The molecule has 36 heavy (non-hydrogen) atoms. The Hall–Kier alpha value is -3.32. The van der Waals surface area contributed by atoms with E-state index in [0.29, 0.717) is 31.0 Å². The quantitative estimate of drug-likeness (QED) is 0.206. The molecule has 1 fully saturated rings. The van der Waals surface area contributed by atoms with Gasteiger partial charge in [-0.2, -0.15) is 0 Å². The molecule has 0 radical (unpaired) electrons. The molecule has 2 aromatic rings. The average Bonchev–Trinajstić information content (AvgIpc) is 3.07. The van der Waals surface area contributed by atoms with E-state index in [-0.39, 0.29) is 17.4 Å². The number of amides is 1. The molecule has 0 spiro atoms. The molecule has 0 aliphatic carbocycles. The number of nitrogens with zero attached hydrogens (tertiary/aromatic N) is 2. The summed E-state index contributed by atoms with van der Waals surface area (Å²) in [7, 11) is 3.83. The maximum absolute atomic E-state index is 13.3. The van der Waals surface area contributed by atoms with E-state index in [4.69, 9.17) is 9.47 Å². The third-order valence-electron chi connectivity index (χ3n) is 6.12. The van der Waals surface area contributed by atoms with Gasteiger partial charge in [-0.05, 0) is 82.7 Å². The zero-order valence-corrected chi connectivity index (χ0v) is 22.2. The number of Topliss-reactive ketones (excluding diaryl/α,β-unsaturated/α-hetero) is 1. The lowest BCUT2D eigenvalue weighted by molar-refractivity contribution is -0.140. The molecule has 2 aromatic carbocycles. The first-order valence-corrected chi connectivity index (χ1v) is 12.6. The van der Waals surface area contributed by atoms with Gasteiger partial charge in [-0.3, -0.25) is 9.59 Å². The van der Waals surface area contributed by atoms with Crippen LogP contribution in [0.1, 0.15) is 56.3 Å². The molecule has 0 aromatic heterocycles. The Morgan fingerprint density at radius 1 is 1.08 bits per heavy atom. The Kier molecular flexibility index (Phi) is 9.15. The van der Waals surface area contributed by atoms with Gasteiger partial charge in [0.1, 0.15) is 17.3 Å². The van der Waals surface area contributed by atoms with Crippen LogP contribution < -0.4 is 9.47 Å². The molecule has 1 N–H and O–H groups in total. The van der Waals surface area contributed by atoms with Crippen molar-refractivity contribution in [3.05, 3.63) is 64.7 Å². The number of aliphatic hydroxyl groups excluding tert-OH is 1. The van der Waals surface area contributed by atoms with Crippen molar-refractivity contribution >= 4 is 17.4 Å². The highest BCUT2D eigenvalue weighted by Gasteiger charge is 2.46. The number of aryl methyl sites for hydroxylation is 1. The smallest absolute Gasteiger partial charge is 0.295 e. The summed E-state index contributed by atoms with van der Waals surface area (Å²) in [5.74, 6) is -0.0529. The highest BCUT2D eigenvalue weighted by molar-refractivity contribution is 6.46. The Labute approximate surface area is 214 Å². The minimum absolute atomic E-state index is 0.0137. The predicted octanol–water partition coefficient (Wildman–Crippen LogP) is 4.94. The molecule has 1 heterocycles. The molecular formula is C29H38N2O5. The third kappa shape index (κ3) is 6.26. The van der Waals surface area contributed by atoms with E-state index >= 15 is 0 Å². The summed E-state index contributed by atoms with van der Waals surface area (Å²) < 4.78 is 11.5. The van der Waals surface area contributed by atoms with E-state index in [1.807, 2.05) is 70.1 Å². The number of ether oxygens (including phenoxy) is 2. The van der Waals surface area contributed by atoms with Gasteiger partial charge in [0, 0.05) is 18.7 Å². The second kappa shape index (κ2) is 12.1. The van der Waals surface area contributed by atoms with Crippen molar-refractivity contribution in [1.29, 1.82) is 0 Å². The van der Waals surface area contributed by atoms with Crippen LogP contribution in [0.2, 0.25) is 0 Å². The van der Waals surface area contributed by atoms with E-state index in [0.717, 1.165) is 29.7 Å². The number of rotatable bonds is 11. The highest BCUT2D eigenvalue weighted by atomic mass is 16.5. The monoisotopic (exact) mass is 494 g/mol. The number of ketones is 1. The zero-order valence-electron chi connectivity index (χ0n) is 22.2. The van der Waals surface area contributed by atoms with Crippen LogP contribution in [-0.4, -0.2) is 66.5 Å². The van der Waals surface area contributed by atoms with E-state index in [1.54, 1.807) is 17.0 Å². The molecule has 1 amide bonds. The number of benzene rings is 2. The molecule has 1 aliphatic heterocycles. The molecule has 194 valence electrons. The van der Waals surface area contributed by atoms with Crippen molar-refractivity contribution in [3.8, 4) is 11.5 Å². The first-order chi connectivity index (χ1) is 17.1. The number of carbonyl (C=O) groups excluding carboxylic acids is 2. The molecule has 7 nitrogen and oxygen atoms in total. The Balaban J connectivity index is 2.05. The number of carbonyl (C=O) groups is 2. The van der Waals surface area contributed by atoms with Crippen LogP contribution >= 0.6 is 0 Å². The van der Waals surface area contributed by atoms with Crippen LogP contribution in [0.4, 0.5) is 0 Å². The second-order valence-electron chi connectivity index (χ2n) is 9.71. The van der Waals surface area contributed by atoms with Crippen molar-refractivity contribution in [1.82, 2.24) is 9.80 Å². The van der Waals surface area contributed by atoms with Gasteiger partial charge in [-0.25, -0.2) is 0 Å². The second-order valence-corrected chi connectivity index (χ2v) is 9.71. The summed E-state index contributed by atoms with van der Waals surface area (Å²) in [4.78, 5) is 29.9. The lowest BCUT2D eigenvalue weighted by Gasteiger charge is -2.27. The summed E-state index contributed by atoms with van der Waals surface area (Å²) in [5, 5.41) is 11.4. The number of aliphatic hydroxyl groups is 1. The van der Waals surface area contributed by atoms with Crippen molar-refractivity contribution in [2.75, 3.05) is 33.8 Å². The number of unbranched alkanes of at least 4 members (excludes halogenated alkanes) is 1. The van der Waals surface area contributed by atoms with Crippen molar-refractivity contribution in [2.24, 2.45) is 0 Å². The standard InChI is InChI=1S/C29H38N2O5/c1-7-8-17-35-22-11-9-21(10-12-22)26-25(28(33)29(34)31(26)16-15-30(5)6)27(32)24-14-13-23(18-20(24)4)36-19(2)3/h9-14,18-19,26,32H,7-8,15-17H2,1-6H3. The predicted molar refractivity (Wildman–Crippen MR) is 141 cm³/mol. The van der Waals surface area contributed by atoms with Gasteiger partial charge in [0.15, 0.2) is 0 Å². The lowest BCUT2D eigenvalue weighted by Crippen LogP contribution is -2.35. The number of likely N-dealkylation sites (N-methyl/N-ethyl adjacent to an activating group) is 1. The van der Waals surface area contributed by atoms with Crippen LogP contribution in [0.5, 0.6) is 11.5 Å². The van der Waals surface area contributed by atoms with Crippen LogP contribution in [-0.2, 0) is 9.59 Å². The van der Waals surface area contributed by atoms with Crippen molar-refractivity contribution < 1.29 is 24.2 Å². The zero-order chi connectivity index (χ0) is 26.4. The molecule has 0 saturated carbocycles. The van der Waals surface area contributed by atoms with Gasteiger partial charge in [-0.15, -0.1) is 0 Å². The summed E-state index contributed by atoms with van der Waals surface area (Å²) in [6.07, 6.45) is 2.02. The first-order valence-electron chi connectivity index (χ1n) is 12.6. The Morgan fingerprint density at radius 2 is 1.75 bits per heavy atom. The van der Waals surface area contributed by atoms with Crippen molar-refractivity contribution in [2.45, 2.75) is 52.7 Å². The highest BCUT2D eigenvalue weighted by Crippen LogP contribution is 2.40. The fraction of sp³-hybridized carbons (Fsp3) is 0.448. The number of hydrogen-bond acceptors (Lipinski definition) is 6. The third-order valence-corrected chi connectivity index (χ3v) is 6.12. The van der Waals surface area contributed by atoms with Crippen LogP contribution in [0.3, 0.4) is 0 Å². The summed E-state index contributed by atoms with van der Waals surface area (Å²) >= 11 is 0. The Bertz CT molecular complexity index is 1110.